The van der Waals surface area contributed by atoms with Crippen LogP contribution in [-0.4, -0.2) is 42.6 Å². The van der Waals surface area contributed by atoms with Gasteiger partial charge in [0.2, 0.25) is 0 Å². The molecule has 0 nitrogen and oxygen atoms in total. The monoisotopic (exact) mass is 138 g/mol. The summed E-state index contributed by atoms with van der Waals surface area (Å²) in [5.74, 6) is 0.877. The molecule has 0 N–H and O–H groups in total. The molecule has 38 valence electrons. The fraction of sp³-hybridized carbons (Fsp3) is 0. The van der Waals surface area contributed by atoms with E-state index in [1.807, 2.05) is 0 Å². The van der Waals surface area contributed by atoms with E-state index in [0.29, 0.717) is 0 Å². The zero-order valence-corrected chi connectivity index (χ0v) is 7.84. The number of rotatable bonds is 1. The van der Waals surface area contributed by atoms with Crippen LogP contribution in [0.4, 0.5) is 0 Å². The molecule has 0 radical (unpaired) electrons. The van der Waals surface area contributed by atoms with Crippen LogP contribution < -0.4 is 0 Å². The van der Waals surface area contributed by atoms with Crippen molar-refractivity contribution < 1.29 is 0 Å². The van der Waals surface area contributed by atoms with Gasteiger partial charge in [-0.2, -0.15) is 0 Å². The Morgan fingerprint density at radius 2 is 2.00 bits per heavy atom. The van der Waals surface area contributed by atoms with E-state index in [9.17, 15) is 0 Å². The quantitative estimate of drug-likeness (QED) is 0.213. The minimum absolute atomic E-state index is 0.232. The van der Waals surface area contributed by atoms with Gasteiger partial charge in [0.05, 0.1) is 0 Å². The minimum atomic E-state index is 0.232. The number of thiol groups is 1. The average Bonchev–Trinajstić information content (AvgIpc) is 1.69. The normalized spacial score (nSPS) is 13.0. The summed E-state index contributed by atoms with van der Waals surface area (Å²) in [7, 11) is 10.8. The van der Waals surface area contributed by atoms with Gasteiger partial charge in [-0.15, -0.1) is 0 Å². The van der Waals surface area contributed by atoms with Crippen molar-refractivity contribution in [1.29, 1.82) is 0 Å². The van der Waals surface area contributed by atoms with Gasteiger partial charge in [0.15, 0.2) is 0 Å². The van der Waals surface area contributed by atoms with Gasteiger partial charge in [0, 0.05) is 0 Å². The molecule has 0 fully saturated rings. The van der Waals surface area contributed by atoms with Crippen LogP contribution in [0.2, 0.25) is 0 Å². The Hall–Kier alpha value is 1.04. The molecule has 0 aromatic rings. The van der Waals surface area contributed by atoms with Crippen molar-refractivity contribution in [3.63, 3.8) is 0 Å². The van der Waals surface area contributed by atoms with Crippen LogP contribution in [0, 0.1) is 0 Å². The van der Waals surface area contributed by atoms with Crippen LogP contribution in [0.3, 0.4) is 0 Å². The van der Waals surface area contributed by atoms with Gasteiger partial charge in [-0.05, 0) is 0 Å². The molecule has 0 bridgehead atoms. The third-order valence-corrected chi connectivity index (χ3v) is 6.54. The summed E-state index contributed by atoms with van der Waals surface area (Å²) in [4.78, 5) is 0. The molecule has 8 heteroatoms. The molecule has 0 heterocycles. The van der Waals surface area contributed by atoms with E-state index in [2.05, 4.69) is 36.8 Å². The van der Waals surface area contributed by atoms with Crippen LogP contribution in [0.15, 0.2) is 0 Å². The van der Waals surface area contributed by atoms with Crippen LogP contribution in [-0.2, 0) is 9.35 Å². The van der Waals surface area contributed by atoms with Crippen molar-refractivity contribution in [2.24, 2.45) is 0 Å². The molecule has 0 spiro atoms. The Morgan fingerprint density at radius 3 is 2.00 bits per heavy atom. The molecule has 0 aromatic carbocycles. The first-order chi connectivity index (χ1) is 3.72. The second kappa shape index (κ2) is 4.88. The summed E-state index contributed by atoms with van der Waals surface area (Å²) < 4.78 is 0. The van der Waals surface area contributed by atoms with Gasteiger partial charge in [-0.1, -0.05) is 0 Å². The molecule has 0 rings (SSSR count). The predicted octanol–water partition coefficient (Wildman–Crippen LogP) is -3.84. The first-order valence-electron chi connectivity index (χ1n) is 2.90. The predicted molar refractivity (Wildman–Crippen MR) is 61.4 cm³/mol. The van der Waals surface area contributed by atoms with Crippen molar-refractivity contribution in [3.8, 4) is 0 Å². The van der Waals surface area contributed by atoms with Gasteiger partial charge in [-0.25, -0.2) is 0 Å². The molecule has 0 aliphatic carbocycles. The van der Waals surface area contributed by atoms with E-state index in [1.54, 1.807) is 7.23 Å². The molecule has 0 saturated heterocycles. The van der Waals surface area contributed by atoms with Crippen LogP contribution in [0.5, 0.6) is 0 Å². The summed E-state index contributed by atoms with van der Waals surface area (Å²) in [6.07, 6.45) is 0. The van der Waals surface area contributed by atoms with Crippen molar-refractivity contribution in [1.82, 2.24) is 0 Å². The topological polar surface area (TPSA) is 0 Å². The van der Waals surface area contributed by atoms with Gasteiger partial charge in [0.25, 0.3) is 0 Å². The number of hydrogen-bond donors (Lipinski definition) is 1. The SMILES string of the molecule is B/B=[SH](=P\B)\B(B)B. The zero-order valence-electron chi connectivity index (χ0n) is 6.05. The van der Waals surface area contributed by atoms with E-state index in [0.717, 1.165) is 5.77 Å². The molecular formula is H9B6PS. The first-order valence-corrected chi connectivity index (χ1v) is 6.42. The Labute approximate surface area is 59.6 Å². The van der Waals surface area contributed by atoms with E-state index < -0.39 is 0 Å². The van der Waals surface area contributed by atoms with E-state index in [-0.39, 0.29) is 9.35 Å². The summed E-state index contributed by atoms with van der Waals surface area (Å²) >= 11 is 0. The molecule has 1 unspecified atom stereocenters. The summed E-state index contributed by atoms with van der Waals surface area (Å²) in [6.45, 7) is 0. The zero-order chi connectivity index (χ0) is 6.57. The van der Waals surface area contributed by atoms with E-state index >= 15 is 0 Å². The fourth-order valence-corrected chi connectivity index (χ4v) is 4.01. The van der Waals surface area contributed by atoms with Gasteiger partial charge in [-0.3, -0.25) is 0 Å². The molecular weight excluding hydrogens is 128 g/mol. The second-order valence-electron chi connectivity index (χ2n) is 1.93. The van der Waals surface area contributed by atoms with Crippen LogP contribution in [0.25, 0.3) is 0 Å². The van der Waals surface area contributed by atoms with Crippen LogP contribution in [0.1, 0.15) is 0 Å². The summed E-state index contributed by atoms with van der Waals surface area (Å²) in [6, 6.07) is 2.35. The Kier molecular flexibility index (Phi) is 5.51. The molecule has 1 atom stereocenters. The van der Waals surface area contributed by atoms with Gasteiger partial charge in [0.1, 0.15) is 0 Å². The van der Waals surface area contributed by atoms with Crippen molar-refractivity contribution in [2.75, 3.05) is 0 Å². The standard InChI is InChI=1S/B6H9PS/c1-5-8(7-4)6(2)3/h8H,1-4H2. The van der Waals surface area contributed by atoms with Gasteiger partial charge >= 0.3 is 59.2 Å². The van der Waals surface area contributed by atoms with Crippen molar-refractivity contribution >= 4 is 59.2 Å². The Balaban J connectivity index is 4.16. The fourth-order valence-electron chi connectivity index (χ4n) is 0.645. The number of hydrogen-bond acceptors (Lipinski definition) is 0. The summed E-state index contributed by atoms with van der Waals surface area (Å²) in [5.41, 5.74) is 0. The molecule has 0 aromatic heterocycles. The average molecular weight is 137 g/mol. The van der Waals surface area contributed by atoms with Gasteiger partial charge < -0.3 is 0 Å². The van der Waals surface area contributed by atoms with Crippen molar-refractivity contribution in [2.45, 2.75) is 0 Å². The third kappa shape index (κ3) is 3.14. The maximum absolute atomic E-state index is 2.35. The maximum atomic E-state index is 2.35. The van der Waals surface area contributed by atoms with Crippen molar-refractivity contribution in [3.05, 3.63) is 0 Å². The molecule has 0 amide bonds. The molecule has 8 heavy (non-hydrogen) atoms. The van der Waals surface area contributed by atoms with Crippen LogP contribution >= 0.6 is 7.23 Å². The molecule has 0 aliphatic rings. The first kappa shape index (κ1) is 9.04. The third-order valence-electron chi connectivity index (χ3n) is 1.02. The second-order valence-corrected chi connectivity index (χ2v) is 7.23. The van der Waals surface area contributed by atoms with E-state index in [1.165, 1.54) is 0 Å². The summed E-state index contributed by atoms with van der Waals surface area (Å²) in [5, 5.41) is 0. The molecule has 0 saturated carbocycles. The van der Waals surface area contributed by atoms with E-state index in [4.69, 9.17) is 0 Å². The Bertz CT molecular complexity index is 119. The molecule has 0 aliphatic heterocycles. The Morgan fingerprint density at radius 1 is 1.50 bits per heavy atom.